The number of carbonyl (C=O) groups is 5. The third-order valence-electron chi connectivity index (χ3n) is 6.12. The largest absolute Gasteiger partial charge is 0.481 e. The van der Waals surface area contributed by atoms with E-state index in [2.05, 4.69) is 10.6 Å². The molecule has 0 bridgehead atoms. The summed E-state index contributed by atoms with van der Waals surface area (Å²) in [5, 5.41) is 14.0. The number of nitrogens with one attached hydrogen (secondary N) is 2. The zero-order chi connectivity index (χ0) is 28.7. The molecule has 3 N–H and O–H groups in total. The molecule has 0 unspecified atom stereocenters. The van der Waals surface area contributed by atoms with Crippen LogP contribution in [0.5, 0.6) is 5.75 Å². The molecule has 3 amide bonds. The minimum absolute atomic E-state index is 0.0667. The number of Topliss-reactive ketones (excluding diaryl/α,β-unsaturated/α-hetero) is 1. The molecule has 0 aromatic heterocycles. The molecule has 0 spiro atoms. The van der Waals surface area contributed by atoms with Crippen molar-refractivity contribution in [2.45, 2.75) is 32.2 Å². The highest BCUT2D eigenvalue weighted by Crippen LogP contribution is 2.27. The zero-order valence-electron chi connectivity index (χ0n) is 20.8. The molecule has 1 saturated heterocycles. The van der Waals surface area contributed by atoms with Gasteiger partial charge in [-0.05, 0) is 43.5 Å². The summed E-state index contributed by atoms with van der Waals surface area (Å²) in [6.07, 6.45) is -0.558. The van der Waals surface area contributed by atoms with Crippen LogP contribution in [-0.4, -0.2) is 65.2 Å². The molecule has 0 aliphatic carbocycles. The van der Waals surface area contributed by atoms with Crippen molar-refractivity contribution in [3.05, 3.63) is 59.4 Å². The molecular formula is C26H26F3N3O7. The first kappa shape index (κ1) is 29.1. The van der Waals surface area contributed by atoms with Crippen LogP contribution in [0.3, 0.4) is 0 Å². The van der Waals surface area contributed by atoms with Gasteiger partial charge in [0.2, 0.25) is 11.7 Å². The van der Waals surface area contributed by atoms with Crippen molar-refractivity contribution in [1.82, 2.24) is 10.2 Å². The van der Waals surface area contributed by atoms with Crippen LogP contribution in [-0.2, 0) is 24.0 Å². The SMILES string of the molecule is Cc1cc(F)c(F)c(OCC(=O)[C@H](CC(=O)O)NC(=O)C2CCN(C(=O)C(=O)Nc3ccccc3)CC2)c1F. The van der Waals surface area contributed by atoms with Gasteiger partial charge in [-0.1, -0.05) is 18.2 Å². The number of benzene rings is 2. The minimum Gasteiger partial charge on any atom is -0.481 e. The molecule has 1 heterocycles. The fourth-order valence-corrected chi connectivity index (χ4v) is 3.98. The molecule has 1 aliphatic rings. The normalized spacial score (nSPS) is 14.3. The number of para-hydroxylation sites is 1. The van der Waals surface area contributed by atoms with Gasteiger partial charge in [0.15, 0.2) is 23.2 Å². The molecule has 1 fully saturated rings. The van der Waals surface area contributed by atoms with Crippen LogP contribution in [0.4, 0.5) is 18.9 Å². The van der Waals surface area contributed by atoms with Gasteiger partial charge in [0.05, 0.1) is 6.42 Å². The third kappa shape index (κ3) is 7.55. The molecular weight excluding hydrogens is 523 g/mol. The first-order chi connectivity index (χ1) is 18.5. The molecule has 10 nitrogen and oxygen atoms in total. The van der Waals surface area contributed by atoms with Crippen LogP contribution in [0.2, 0.25) is 0 Å². The van der Waals surface area contributed by atoms with Gasteiger partial charge in [0.25, 0.3) is 0 Å². The van der Waals surface area contributed by atoms with E-state index in [1.807, 2.05) is 0 Å². The van der Waals surface area contributed by atoms with Crippen molar-refractivity contribution in [3.8, 4) is 5.75 Å². The van der Waals surface area contributed by atoms with E-state index in [0.717, 1.165) is 6.92 Å². The van der Waals surface area contributed by atoms with Crippen LogP contribution in [0.15, 0.2) is 36.4 Å². The number of nitrogens with zero attached hydrogens (tertiary/aromatic N) is 1. The highest BCUT2D eigenvalue weighted by Gasteiger charge is 2.33. The van der Waals surface area contributed by atoms with Crippen LogP contribution in [0.1, 0.15) is 24.8 Å². The average molecular weight is 550 g/mol. The van der Waals surface area contributed by atoms with E-state index >= 15 is 0 Å². The molecule has 13 heteroatoms. The number of ether oxygens (including phenoxy) is 1. The molecule has 2 aromatic rings. The molecule has 1 aliphatic heterocycles. The summed E-state index contributed by atoms with van der Waals surface area (Å²) in [5.74, 6) is -10.8. The van der Waals surface area contributed by atoms with Crippen LogP contribution < -0.4 is 15.4 Å². The Morgan fingerprint density at radius 1 is 1.05 bits per heavy atom. The maximum Gasteiger partial charge on any atom is 0.313 e. The fourth-order valence-electron chi connectivity index (χ4n) is 3.98. The number of anilines is 1. The molecule has 1 atom stereocenters. The highest BCUT2D eigenvalue weighted by molar-refractivity contribution is 6.39. The number of hydrogen-bond acceptors (Lipinski definition) is 6. The Morgan fingerprint density at radius 2 is 1.69 bits per heavy atom. The number of amides is 3. The molecule has 0 saturated carbocycles. The Kier molecular flexibility index (Phi) is 9.63. The third-order valence-corrected chi connectivity index (χ3v) is 6.12. The molecule has 208 valence electrons. The number of aliphatic carboxylic acids is 1. The van der Waals surface area contributed by atoms with E-state index in [0.29, 0.717) is 11.8 Å². The number of piperidine rings is 1. The van der Waals surface area contributed by atoms with Crippen molar-refractivity contribution < 1.29 is 47.0 Å². The van der Waals surface area contributed by atoms with Gasteiger partial charge >= 0.3 is 17.8 Å². The first-order valence-electron chi connectivity index (χ1n) is 11.9. The van der Waals surface area contributed by atoms with Crippen molar-refractivity contribution in [2.24, 2.45) is 5.92 Å². The predicted molar refractivity (Wildman–Crippen MR) is 130 cm³/mol. The Balaban J connectivity index is 1.56. The van der Waals surface area contributed by atoms with Gasteiger partial charge in [-0.25, -0.2) is 8.78 Å². The summed E-state index contributed by atoms with van der Waals surface area (Å²) in [7, 11) is 0. The van der Waals surface area contributed by atoms with E-state index in [9.17, 15) is 37.1 Å². The summed E-state index contributed by atoms with van der Waals surface area (Å²) in [6.45, 7) is 0.265. The lowest BCUT2D eigenvalue weighted by atomic mass is 9.95. The second-order valence-corrected chi connectivity index (χ2v) is 8.93. The summed E-state index contributed by atoms with van der Waals surface area (Å²) < 4.78 is 46.5. The lowest BCUT2D eigenvalue weighted by Gasteiger charge is -2.31. The Labute approximate surface area is 221 Å². The number of carboxylic acid groups (broad SMARTS) is 1. The van der Waals surface area contributed by atoms with Crippen molar-refractivity contribution in [3.63, 3.8) is 0 Å². The number of aryl methyl sites for hydroxylation is 1. The first-order valence-corrected chi connectivity index (χ1v) is 11.9. The van der Waals surface area contributed by atoms with E-state index < -0.39 is 77.7 Å². The van der Waals surface area contributed by atoms with Crippen molar-refractivity contribution in [2.75, 3.05) is 25.0 Å². The fraction of sp³-hybridized carbons (Fsp3) is 0.346. The van der Waals surface area contributed by atoms with Gasteiger partial charge in [0, 0.05) is 24.7 Å². The number of likely N-dealkylation sites (tertiary alicyclic amines) is 1. The lowest BCUT2D eigenvalue weighted by molar-refractivity contribution is -0.145. The van der Waals surface area contributed by atoms with E-state index in [1.165, 1.54) is 4.90 Å². The molecule has 39 heavy (non-hydrogen) atoms. The smallest absolute Gasteiger partial charge is 0.313 e. The number of ketones is 1. The monoisotopic (exact) mass is 549 g/mol. The summed E-state index contributed by atoms with van der Waals surface area (Å²) >= 11 is 0. The topological polar surface area (TPSA) is 142 Å². The number of hydrogen-bond donors (Lipinski definition) is 3. The van der Waals surface area contributed by atoms with Gasteiger partial charge in [-0.2, -0.15) is 4.39 Å². The standard InChI is InChI=1S/C26H26F3N3O7/c1-14-11-17(27)22(29)23(21(14)28)39-13-19(33)18(12-20(34)35)31-24(36)15-7-9-32(10-8-15)26(38)25(37)30-16-5-3-2-4-6-16/h2-6,11,15,18H,7-10,12-13H2,1H3,(H,30,37)(H,31,36)(H,34,35)/t18-/m0/s1. The number of carbonyl (C=O) groups excluding carboxylic acids is 4. The number of rotatable bonds is 9. The zero-order valence-corrected chi connectivity index (χ0v) is 20.8. The summed E-state index contributed by atoms with van der Waals surface area (Å²) in [4.78, 5) is 62.6. The molecule has 3 rings (SSSR count). The van der Waals surface area contributed by atoms with Crippen molar-refractivity contribution >= 4 is 35.2 Å². The summed E-state index contributed by atoms with van der Waals surface area (Å²) in [6, 6.07) is 7.39. The second kappa shape index (κ2) is 12.9. The average Bonchev–Trinajstić information content (AvgIpc) is 2.91. The van der Waals surface area contributed by atoms with Crippen LogP contribution in [0, 0.1) is 30.3 Å². The van der Waals surface area contributed by atoms with Gasteiger partial charge in [-0.15, -0.1) is 0 Å². The van der Waals surface area contributed by atoms with Crippen LogP contribution in [0.25, 0.3) is 0 Å². The minimum atomic E-state index is -1.65. The Hall–Kier alpha value is -4.42. The van der Waals surface area contributed by atoms with Gasteiger partial charge in [0.1, 0.15) is 12.6 Å². The quantitative estimate of drug-likeness (QED) is 0.322. The van der Waals surface area contributed by atoms with Crippen LogP contribution >= 0.6 is 0 Å². The number of carboxylic acids is 1. The van der Waals surface area contributed by atoms with Gasteiger partial charge in [-0.3, -0.25) is 24.0 Å². The maximum absolute atomic E-state index is 14.1. The number of halogens is 3. The van der Waals surface area contributed by atoms with E-state index in [4.69, 9.17) is 9.84 Å². The van der Waals surface area contributed by atoms with E-state index in [1.54, 1.807) is 30.3 Å². The Bertz CT molecular complexity index is 1240. The lowest BCUT2D eigenvalue weighted by Crippen LogP contribution is -2.50. The predicted octanol–water partition coefficient (Wildman–Crippen LogP) is 2.20. The van der Waals surface area contributed by atoms with Crippen molar-refractivity contribution in [1.29, 1.82) is 0 Å². The highest BCUT2D eigenvalue weighted by atomic mass is 19.2. The van der Waals surface area contributed by atoms with E-state index in [-0.39, 0.29) is 31.5 Å². The summed E-state index contributed by atoms with van der Waals surface area (Å²) in [5.41, 5.74) is 0.176. The molecule has 2 aromatic carbocycles. The van der Waals surface area contributed by atoms with Gasteiger partial charge < -0.3 is 25.4 Å². The maximum atomic E-state index is 14.1. The second-order valence-electron chi connectivity index (χ2n) is 8.93. The Morgan fingerprint density at radius 3 is 2.31 bits per heavy atom. The molecule has 0 radical (unpaired) electrons.